The van der Waals surface area contributed by atoms with Gasteiger partial charge in [0.25, 0.3) is 0 Å². The van der Waals surface area contributed by atoms with Crippen molar-refractivity contribution in [3.63, 3.8) is 0 Å². The van der Waals surface area contributed by atoms with Gasteiger partial charge in [-0.3, -0.25) is 9.59 Å². The molecule has 6 heteroatoms. The van der Waals surface area contributed by atoms with Gasteiger partial charge in [-0.15, -0.1) is 0 Å². The largest absolute Gasteiger partial charge is 0.356 e. The second kappa shape index (κ2) is 7.26. The van der Waals surface area contributed by atoms with Crippen molar-refractivity contribution < 1.29 is 9.59 Å². The Morgan fingerprint density at radius 3 is 2.57 bits per heavy atom. The maximum Gasteiger partial charge on any atom is 0.225 e. The summed E-state index contributed by atoms with van der Waals surface area (Å²) in [6, 6.07) is 7.83. The number of nitrogens with zero attached hydrogens (tertiary/aromatic N) is 1. The molecule has 0 unspecified atom stereocenters. The monoisotopic (exact) mass is 316 g/mol. The SMILES string of the molecule is CC(C)(C)C(=O)NCCC(=O)NCCc1nc2ccccc2[nH]1. The number of nitrogens with one attached hydrogen (secondary N) is 3. The Hall–Kier alpha value is -2.37. The molecule has 3 N–H and O–H groups in total. The minimum Gasteiger partial charge on any atom is -0.356 e. The van der Waals surface area contributed by atoms with Gasteiger partial charge in [0.2, 0.25) is 11.8 Å². The molecule has 0 saturated carbocycles. The van der Waals surface area contributed by atoms with Gasteiger partial charge in [-0.25, -0.2) is 4.98 Å². The van der Waals surface area contributed by atoms with E-state index in [2.05, 4.69) is 20.6 Å². The lowest BCUT2D eigenvalue weighted by molar-refractivity contribution is -0.128. The lowest BCUT2D eigenvalue weighted by Gasteiger charge is -2.17. The molecule has 6 nitrogen and oxygen atoms in total. The van der Waals surface area contributed by atoms with Crippen molar-refractivity contribution in [1.29, 1.82) is 0 Å². The van der Waals surface area contributed by atoms with Crippen molar-refractivity contribution in [2.24, 2.45) is 5.41 Å². The molecule has 0 fully saturated rings. The molecular weight excluding hydrogens is 292 g/mol. The van der Waals surface area contributed by atoms with E-state index >= 15 is 0 Å². The number of carbonyl (C=O) groups is 2. The summed E-state index contributed by atoms with van der Waals surface area (Å²) in [5.74, 6) is 0.732. The Morgan fingerprint density at radius 1 is 1.13 bits per heavy atom. The lowest BCUT2D eigenvalue weighted by atomic mass is 9.96. The van der Waals surface area contributed by atoms with Crippen LogP contribution in [0.5, 0.6) is 0 Å². The number of rotatable bonds is 6. The first kappa shape index (κ1) is 17.0. The number of fused-ring (bicyclic) bond motifs is 1. The number of hydrogen-bond acceptors (Lipinski definition) is 3. The number of para-hydroxylation sites is 2. The third-order valence-corrected chi connectivity index (χ3v) is 3.44. The Labute approximate surface area is 136 Å². The van der Waals surface area contributed by atoms with Crippen molar-refractivity contribution in [2.75, 3.05) is 13.1 Å². The number of aromatic nitrogens is 2. The zero-order chi connectivity index (χ0) is 16.9. The molecule has 0 aliphatic heterocycles. The molecule has 0 spiro atoms. The average Bonchev–Trinajstić information content (AvgIpc) is 2.88. The van der Waals surface area contributed by atoms with Crippen LogP contribution in [0.15, 0.2) is 24.3 Å². The van der Waals surface area contributed by atoms with Gasteiger partial charge < -0.3 is 15.6 Å². The predicted octanol–water partition coefficient (Wildman–Crippen LogP) is 1.77. The molecule has 2 amide bonds. The van der Waals surface area contributed by atoms with Crippen molar-refractivity contribution in [3.05, 3.63) is 30.1 Å². The van der Waals surface area contributed by atoms with Crippen LogP contribution in [0.3, 0.4) is 0 Å². The summed E-state index contributed by atoms with van der Waals surface area (Å²) in [5.41, 5.74) is 1.50. The van der Waals surface area contributed by atoms with E-state index < -0.39 is 5.41 Å². The summed E-state index contributed by atoms with van der Waals surface area (Å²) in [6.45, 7) is 6.40. The van der Waals surface area contributed by atoms with Crippen molar-refractivity contribution in [3.8, 4) is 0 Å². The number of H-pyrrole nitrogens is 1. The van der Waals surface area contributed by atoms with Crippen LogP contribution in [0.1, 0.15) is 33.0 Å². The van der Waals surface area contributed by atoms with Crippen LogP contribution in [0.25, 0.3) is 11.0 Å². The maximum atomic E-state index is 11.7. The smallest absolute Gasteiger partial charge is 0.225 e. The normalized spacial score (nSPS) is 11.4. The molecule has 1 aromatic heterocycles. The van der Waals surface area contributed by atoms with E-state index in [0.29, 0.717) is 19.5 Å². The van der Waals surface area contributed by atoms with Gasteiger partial charge >= 0.3 is 0 Å². The van der Waals surface area contributed by atoms with Crippen LogP contribution >= 0.6 is 0 Å². The second-order valence-corrected chi connectivity index (χ2v) is 6.56. The van der Waals surface area contributed by atoms with Gasteiger partial charge in [0.15, 0.2) is 0 Å². The lowest BCUT2D eigenvalue weighted by Crippen LogP contribution is -2.37. The highest BCUT2D eigenvalue weighted by Gasteiger charge is 2.20. The van der Waals surface area contributed by atoms with Gasteiger partial charge in [-0.05, 0) is 12.1 Å². The van der Waals surface area contributed by atoms with Crippen molar-refractivity contribution in [1.82, 2.24) is 20.6 Å². The highest BCUT2D eigenvalue weighted by atomic mass is 16.2. The number of aromatic amines is 1. The molecule has 0 saturated heterocycles. The van der Waals surface area contributed by atoms with E-state index in [1.54, 1.807) is 0 Å². The maximum absolute atomic E-state index is 11.7. The number of hydrogen-bond donors (Lipinski definition) is 3. The fourth-order valence-corrected chi connectivity index (χ4v) is 2.09. The highest BCUT2D eigenvalue weighted by molar-refractivity contribution is 5.82. The number of carbonyl (C=O) groups excluding carboxylic acids is 2. The molecule has 1 aromatic carbocycles. The zero-order valence-corrected chi connectivity index (χ0v) is 13.9. The number of benzene rings is 1. The van der Waals surface area contributed by atoms with E-state index in [9.17, 15) is 9.59 Å². The Morgan fingerprint density at radius 2 is 1.87 bits per heavy atom. The van der Waals surface area contributed by atoms with Crippen LogP contribution in [-0.2, 0) is 16.0 Å². The summed E-state index contributed by atoms with van der Waals surface area (Å²) in [6.07, 6.45) is 0.927. The first-order chi connectivity index (χ1) is 10.9. The van der Waals surface area contributed by atoms with Crippen LogP contribution < -0.4 is 10.6 Å². The molecule has 124 valence electrons. The van der Waals surface area contributed by atoms with Crippen LogP contribution in [0, 0.1) is 5.41 Å². The first-order valence-corrected chi connectivity index (χ1v) is 7.85. The van der Waals surface area contributed by atoms with Crippen LogP contribution in [0.4, 0.5) is 0 Å². The van der Waals surface area contributed by atoms with Gasteiger partial charge in [-0.2, -0.15) is 0 Å². The molecule has 0 radical (unpaired) electrons. The summed E-state index contributed by atoms with van der Waals surface area (Å²) >= 11 is 0. The topological polar surface area (TPSA) is 86.9 Å². The summed E-state index contributed by atoms with van der Waals surface area (Å²) in [7, 11) is 0. The predicted molar refractivity (Wildman–Crippen MR) is 89.9 cm³/mol. The summed E-state index contributed by atoms with van der Waals surface area (Å²) in [5, 5.41) is 5.60. The molecule has 2 rings (SSSR count). The average molecular weight is 316 g/mol. The molecule has 0 aliphatic rings. The van der Waals surface area contributed by atoms with Gasteiger partial charge in [0.1, 0.15) is 5.82 Å². The number of amides is 2. The Balaban J connectivity index is 1.67. The quantitative estimate of drug-likeness (QED) is 0.759. The molecule has 0 bridgehead atoms. The summed E-state index contributed by atoms with van der Waals surface area (Å²) < 4.78 is 0. The van der Waals surface area contributed by atoms with E-state index in [1.807, 2.05) is 45.0 Å². The van der Waals surface area contributed by atoms with E-state index in [1.165, 1.54) is 0 Å². The molecule has 1 heterocycles. The van der Waals surface area contributed by atoms with Crippen molar-refractivity contribution >= 4 is 22.8 Å². The number of imidazole rings is 1. The zero-order valence-electron chi connectivity index (χ0n) is 13.9. The van der Waals surface area contributed by atoms with E-state index in [-0.39, 0.29) is 18.2 Å². The Bertz CT molecular complexity index is 652. The van der Waals surface area contributed by atoms with E-state index in [0.717, 1.165) is 16.9 Å². The van der Waals surface area contributed by atoms with Crippen LogP contribution in [0.2, 0.25) is 0 Å². The fourth-order valence-electron chi connectivity index (χ4n) is 2.09. The standard InChI is InChI=1S/C17H24N4O2/c1-17(2,3)16(23)19-11-9-15(22)18-10-8-14-20-12-6-4-5-7-13(12)21-14/h4-7H,8-11H2,1-3H3,(H,18,22)(H,19,23)(H,20,21). The third kappa shape index (κ3) is 5.09. The summed E-state index contributed by atoms with van der Waals surface area (Å²) in [4.78, 5) is 31.1. The van der Waals surface area contributed by atoms with Crippen molar-refractivity contribution in [2.45, 2.75) is 33.6 Å². The Kier molecular flexibility index (Phi) is 5.36. The minimum atomic E-state index is -0.433. The van der Waals surface area contributed by atoms with E-state index in [4.69, 9.17) is 0 Å². The first-order valence-electron chi connectivity index (χ1n) is 7.85. The fraction of sp³-hybridized carbons (Fsp3) is 0.471. The second-order valence-electron chi connectivity index (χ2n) is 6.56. The molecule has 2 aromatic rings. The minimum absolute atomic E-state index is 0.0485. The third-order valence-electron chi connectivity index (χ3n) is 3.44. The molecule has 0 atom stereocenters. The van der Waals surface area contributed by atoms with Gasteiger partial charge in [0, 0.05) is 31.3 Å². The van der Waals surface area contributed by atoms with Gasteiger partial charge in [0.05, 0.1) is 11.0 Å². The van der Waals surface area contributed by atoms with Crippen LogP contribution in [-0.4, -0.2) is 34.9 Å². The van der Waals surface area contributed by atoms with Gasteiger partial charge in [-0.1, -0.05) is 32.9 Å². The molecule has 0 aliphatic carbocycles. The highest BCUT2D eigenvalue weighted by Crippen LogP contribution is 2.12. The molecular formula is C17H24N4O2. The molecule has 23 heavy (non-hydrogen) atoms.